The number of rotatable bonds is 11. The fraction of sp³-hybridized carbons (Fsp3) is 0.579. The Labute approximate surface area is 179 Å². The van der Waals surface area contributed by atoms with Gasteiger partial charge in [0.05, 0.1) is 12.7 Å². The third kappa shape index (κ3) is 11.1. The zero-order chi connectivity index (χ0) is 19.2. The molecular weight excluding hydrogens is 459 g/mol. The molecule has 0 aliphatic rings. The van der Waals surface area contributed by atoms with E-state index in [1.165, 1.54) is 7.11 Å². The number of likely N-dealkylation sites (N-methyl/N-ethyl adjacent to an activating group) is 1. The van der Waals surface area contributed by atoms with Gasteiger partial charge in [-0.2, -0.15) is 0 Å². The standard InChI is InChI=1S/C19H32N4O3.HI/c1-20-19(22-12-14-23(2)13-5-15-25-3)21-11-10-16-6-8-17(9-7-16)18(24)26-4;/h6-9H,5,10-15H2,1-4H3,(H2,20,21,22);1H. The molecule has 8 heteroatoms. The SMILES string of the molecule is CN=C(NCCc1ccc(C(=O)OC)cc1)NCCN(C)CCCOC.I. The summed E-state index contributed by atoms with van der Waals surface area (Å²) in [7, 11) is 6.98. The Bertz CT molecular complexity index is 552. The Hall–Kier alpha value is -1.39. The van der Waals surface area contributed by atoms with E-state index in [4.69, 9.17) is 9.47 Å². The predicted molar refractivity (Wildman–Crippen MR) is 120 cm³/mol. The van der Waals surface area contributed by atoms with Crippen LogP contribution in [0.3, 0.4) is 0 Å². The lowest BCUT2D eigenvalue weighted by Gasteiger charge is -2.18. The van der Waals surface area contributed by atoms with Crippen LogP contribution < -0.4 is 10.6 Å². The average molecular weight is 492 g/mol. The van der Waals surface area contributed by atoms with E-state index in [9.17, 15) is 4.79 Å². The molecule has 0 atom stereocenters. The quantitative estimate of drug-likeness (QED) is 0.161. The van der Waals surface area contributed by atoms with Crippen LogP contribution in [0.4, 0.5) is 0 Å². The monoisotopic (exact) mass is 492 g/mol. The number of carbonyl (C=O) groups is 1. The number of guanidine groups is 1. The van der Waals surface area contributed by atoms with E-state index < -0.39 is 0 Å². The minimum absolute atomic E-state index is 0. The van der Waals surface area contributed by atoms with Crippen molar-refractivity contribution in [1.82, 2.24) is 15.5 Å². The number of benzene rings is 1. The lowest BCUT2D eigenvalue weighted by molar-refractivity contribution is 0.0600. The lowest BCUT2D eigenvalue weighted by atomic mass is 10.1. The molecule has 154 valence electrons. The number of carbonyl (C=O) groups excluding carboxylic acids is 1. The van der Waals surface area contributed by atoms with Gasteiger partial charge in [0.15, 0.2) is 5.96 Å². The molecule has 0 spiro atoms. The summed E-state index contributed by atoms with van der Waals surface area (Å²) in [5.74, 6) is 0.480. The van der Waals surface area contributed by atoms with Crippen molar-refractivity contribution in [2.45, 2.75) is 12.8 Å². The Balaban J connectivity index is 0.00000676. The first-order chi connectivity index (χ1) is 12.6. The molecular formula is C19H33IN4O3. The summed E-state index contributed by atoms with van der Waals surface area (Å²) < 4.78 is 9.76. The second kappa shape index (κ2) is 15.6. The van der Waals surface area contributed by atoms with Gasteiger partial charge in [-0.05, 0) is 37.6 Å². The minimum Gasteiger partial charge on any atom is -0.465 e. The number of hydrogen-bond donors (Lipinski definition) is 2. The van der Waals surface area contributed by atoms with E-state index in [-0.39, 0.29) is 29.9 Å². The van der Waals surface area contributed by atoms with Gasteiger partial charge in [0.1, 0.15) is 0 Å². The summed E-state index contributed by atoms with van der Waals surface area (Å²) in [5.41, 5.74) is 1.72. The van der Waals surface area contributed by atoms with Crippen LogP contribution in [0.2, 0.25) is 0 Å². The molecule has 0 aliphatic heterocycles. The van der Waals surface area contributed by atoms with E-state index in [2.05, 4.69) is 27.6 Å². The van der Waals surface area contributed by atoms with Gasteiger partial charge in [-0.15, -0.1) is 24.0 Å². The van der Waals surface area contributed by atoms with Crippen LogP contribution in [-0.2, 0) is 15.9 Å². The topological polar surface area (TPSA) is 75.2 Å². The largest absolute Gasteiger partial charge is 0.465 e. The summed E-state index contributed by atoms with van der Waals surface area (Å²) in [5, 5.41) is 6.61. The maximum absolute atomic E-state index is 11.4. The average Bonchev–Trinajstić information content (AvgIpc) is 2.66. The molecule has 0 heterocycles. The van der Waals surface area contributed by atoms with E-state index in [0.29, 0.717) is 5.56 Å². The van der Waals surface area contributed by atoms with E-state index in [1.54, 1.807) is 26.3 Å². The Kier molecular flexibility index (Phi) is 14.8. The third-order valence-corrected chi connectivity index (χ3v) is 3.98. The van der Waals surface area contributed by atoms with Crippen molar-refractivity contribution in [3.8, 4) is 0 Å². The first-order valence-corrected chi connectivity index (χ1v) is 8.90. The maximum atomic E-state index is 11.4. The molecule has 0 aliphatic carbocycles. The van der Waals surface area contributed by atoms with Crippen LogP contribution in [0, 0.1) is 0 Å². The summed E-state index contributed by atoms with van der Waals surface area (Å²) in [6.07, 6.45) is 1.88. The summed E-state index contributed by atoms with van der Waals surface area (Å²) in [4.78, 5) is 17.9. The van der Waals surface area contributed by atoms with Gasteiger partial charge in [0.25, 0.3) is 0 Å². The number of esters is 1. The fourth-order valence-corrected chi connectivity index (χ4v) is 2.43. The molecule has 7 nitrogen and oxygen atoms in total. The van der Waals surface area contributed by atoms with Gasteiger partial charge >= 0.3 is 5.97 Å². The third-order valence-electron chi connectivity index (χ3n) is 3.98. The van der Waals surface area contributed by atoms with Crippen LogP contribution in [0.1, 0.15) is 22.3 Å². The Morgan fingerprint density at radius 3 is 2.37 bits per heavy atom. The fourth-order valence-electron chi connectivity index (χ4n) is 2.43. The predicted octanol–water partition coefficient (Wildman–Crippen LogP) is 1.77. The molecule has 0 radical (unpaired) electrons. The normalized spacial score (nSPS) is 11.1. The second-order valence-electron chi connectivity index (χ2n) is 6.01. The highest BCUT2D eigenvalue weighted by Gasteiger charge is 2.04. The van der Waals surface area contributed by atoms with Gasteiger partial charge in [0, 0.05) is 46.9 Å². The van der Waals surface area contributed by atoms with Gasteiger partial charge in [-0.25, -0.2) is 4.79 Å². The molecule has 1 rings (SSSR count). The molecule has 1 aromatic carbocycles. The van der Waals surface area contributed by atoms with Crippen molar-refractivity contribution in [2.75, 3.05) is 61.1 Å². The smallest absolute Gasteiger partial charge is 0.337 e. The van der Waals surface area contributed by atoms with Gasteiger partial charge in [-0.3, -0.25) is 4.99 Å². The maximum Gasteiger partial charge on any atom is 0.337 e. The highest BCUT2D eigenvalue weighted by atomic mass is 127. The summed E-state index contributed by atoms with van der Waals surface area (Å²) in [6, 6.07) is 7.46. The van der Waals surface area contributed by atoms with Crippen LogP contribution in [0.15, 0.2) is 29.3 Å². The number of ether oxygens (including phenoxy) is 2. The van der Waals surface area contributed by atoms with Crippen molar-refractivity contribution in [3.63, 3.8) is 0 Å². The molecule has 0 amide bonds. The van der Waals surface area contributed by atoms with E-state index in [1.807, 2.05) is 12.1 Å². The Morgan fingerprint density at radius 2 is 1.78 bits per heavy atom. The lowest BCUT2D eigenvalue weighted by Crippen LogP contribution is -2.41. The summed E-state index contributed by atoms with van der Waals surface area (Å²) in [6.45, 7) is 4.35. The number of nitrogens with one attached hydrogen (secondary N) is 2. The molecule has 27 heavy (non-hydrogen) atoms. The molecule has 0 unspecified atom stereocenters. The van der Waals surface area contributed by atoms with Crippen molar-refractivity contribution >= 4 is 35.9 Å². The summed E-state index contributed by atoms with van der Waals surface area (Å²) >= 11 is 0. The number of hydrogen-bond acceptors (Lipinski definition) is 5. The van der Waals surface area contributed by atoms with Crippen molar-refractivity contribution in [2.24, 2.45) is 4.99 Å². The van der Waals surface area contributed by atoms with Gasteiger partial charge in [0.2, 0.25) is 0 Å². The molecule has 2 N–H and O–H groups in total. The Morgan fingerprint density at radius 1 is 1.11 bits per heavy atom. The van der Waals surface area contributed by atoms with Crippen LogP contribution in [0.25, 0.3) is 0 Å². The highest BCUT2D eigenvalue weighted by molar-refractivity contribution is 14.0. The van der Waals surface area contributed by atoms with Gasteiger partial charge in [-0.1, -0.05) is 12.1 Å². The first-order valence-electron chi connectivity index (χ1n) is 8.90. The number of nitrogens with zero attached hydrogens (tertiary/aromatic N) is 2. The molecule has 0 aromatic heterocycles. The zero-order valence-corrected chi connectivity index (χ0v) is 19.1. The zero-order valence-electron chi connectivity index (χ0n) is 16.8. The first kappa shape index (κ1) is 25.6. The van der Waals surface area contributed by atoms with Crippen LogP contribution in [-0.4, -0.2) is 77.9 Å². The molecule has 0 saturated heterocycles. The second-order valence-corrected chi connectivity index (χ2v) is 6.01. The number of methoxy groups -OCH3 is 2. The van der Waals surface area contributed by atoms with Crippen LogP contribution in [0.5, 0.6) is 0 Å². The molecule has 0 fully saturated rings. The molecule has 1 aromatic rings. The van der Waals surface area contributed by atoms with Crippen molar-refractivity contribution in [3.05, 3.63) is 35.4 Å². The van der Waals surface area contributed by atoms with Crippen molar-refractivity contribution in [1.29, 1.82) is 0 Å². The number of halogens is 1. The van der Waals surface area contributed by atoms with Crippen LogP contribution >= 0.6 is 24.0 Å². The minimum atomic E-state index is -0.313. The van der Waals surface area contributed by atoms with E-state index >= 15 is 0 Å². The van der Waals surface area contributed by atoms with Crippen molar-refractivity contribution < 1.29 is 14.3 Å². The number of aliphatic imine (C=N–C) groups is 1. The molecule has 0 bridgehead atoms. The van der Waals surface area contributed by atoms with Gasteiger partial charge < -0.3 is 25.0 Å². The van der Waals surface area contributed by atoms with E-state index in [0.717, 1.165) is 57.2 Å². The molecule has 0 saturated carbocycles. The highest BCUT2D eigenvalue weighted by Crippen LogP contribution is 2.06.